The fraction of sp³-hybridized carbons (Fsp3) is 0.700. The third kappa shape index (κ3) is 5.51. The normalized spacial score (nSPS) is 12.9. The first-order valence-corrected chi connectivity index (χ1v) is 5.24. The lowest BCUT2D eigenvalue weighted by Crippen LogP contribution is -2.37. The van der Waals surface area contributed by atoms with E-state index in [4.69, 9.17) is 4.74 Å². The van der Waals surface area contributed by atoms with E-state index < -0.39 is 0 Å². The lowest BCUT2D eigenvalue weighted by molar-refractivity contribution is 0.198. The molecule has 1 heterocycles. The summed E-state index contributed by atoms with van der Waals surface area (Å²) in [4.78, 5) is 0. The van der Waals surface area contributed by atoms with Crippen LogP contribution in [-0.2, 0) is 11.3 Å². The summed E-state index contributed by atoms with van der Waals surface area (Å²) < 4.78 is 4.95. The van der Waals surface area contributed by atoms with Crippen molar-refractivity contribution < 1.29 is 4.74 Å². The van der Waals surface area contributed by atoms with Gasteiger partial charge in [0.15, 0.2) is 0 Å². The van der Waals surface area contributed by atoms with Crippen LogP contribution in [0.5, 0.6) is 0 Å². The SMILES string of the molecule is COCCNCC(C)NCc1ccn[nH]1. The zero-order valence-electron chi connectivity index (χ0n) is 9.42. The standard InChI is InChI=1S/C10H20N4O/c1-9(7-11-5-6-15-2)12-8-10-3-4-13-14-10/h3-4,9,11-12H,5-8H2,1-2H3,(H,13,14). The Hall–Kier alpha value is -0.910. The number of methoxy groups -OCH3 is 1. The van der Waals surface area contributed by atoms with Gasteiger partial charge in [-0.25, -0.2) is 0 Å². The second-order valence-electron chi connectivity index (χ2n) is 3.56. The number of nitrogens with zero attached hydrogens (tertiary/aromatic N) is 1. The van der Waals surface area contributed by atoms with Crippen molar-refractivity contribution in [1.29, 1.82) is 0 Å². The zero-order valence-corrected chi connectivity index (χ0v) is 9.42. The highest BCUT2D eigenvalue weighted by Crippen LogP contribution is 1.91. The van der Waals surface area contributed by atoms with Crippen LogP contribution >= 0.6 is 0 Å². The summed E-state index contributed by atoms with van der Waals surface area (Å²) in [5, 5.41) is 13.5. The minimum Gasteiger partial charge on any atom is -0.383 e. The molecule has 1 rings (SSSR count). The predicted octanol–water partition coefficient (Wildman–Crippen LogP) is 0.124. The highest BCUT2D eigenvalue weighted by atomic mass is 16.5. The van der Waals surface area contributed by atoms with Gasteiger partial charge in [-0.05, 0) is 13.0 Å². The molecule has 0 saturated heterocycles. The van der Waals surface area contributed by atoms with Crippen molar-refractivity contribution in [2.45, 2.75) is 19.5 Å². The monoisotopic (exact) mass is 212 g/mol. The molecular weight excluding hydrogens is 192 g/mol. The smallest absolute Gasteiger partial charge is 0.0587 e. The molecule has 1 unspecified atom stereocenters. The van der Waals surface area contributed by atoms with Gasteiger partial charge in [-0.1, -0.05) is 0 Å². The van der Waals surface area contributed by atoms with Gasteiger partial charge in [0.2, 0.25) is 0 Å². The third-order valence-corrected chi connectivity index (χ3v) is 2.13. The minimum absolute atomic E-state index is 0.435. The molecule has 1 aromatic heterocycles. The van der Waals surface area contributed by atoms with Crippen LogP contribution in [0.3, 0.4) is 0 Å². The summed E-state index contributed by atoms with van der Waals surface area (Å²) in [5.41, 5.74) is 1.11. The van der Waals surface area contributed by atoms with Gasteiger partial charge in [-0.3, -0.25) is 5.10 Å². The van der Waals surface area contributed by atoms with Crippen LogP contribution in [0.25, 0.3) is 0 Å². The Morgan fingerprint density at radius 3 is 3.13 bits per heavy atom. The van der Waals surface area contributed by atoms with Crippen molar-refractivity contribution in [2.24, 2.45) is 0 Å². The summed E-state index contributed by atoms with van der Waals surface area (Å²) in [6.07, 6.45) is 1.76. The van der Waals surface area contributed by atoms with E-state index in [-0.39, 0.29) is 0 Å². The molecule has 15 heavy (non-hydrogen) atoms. The number of hydrogen-bond acceptors (Lipinski definition) is 4. The van der Waals surface area contributed by atoms with E-state index in [2.05, 4.69) is 27.8 Å². The molecule has 0 saturated carbocycles. The van der Waals surface area contributed by atoms with Gasteiger partial charge in [-0.2, -0.15) is 5.10 Å². The summed E-state index contributed by atoms with van der Waals surface area (Å²) >= 11 is 0. The van der Waals surface area contributed by atoms with Gasteiger partial charge in [0.1, 0.15) is 0 Å². The van der Waals surface area contributed by atoms with Crippen molar-refractivity contribution in [3.63, 3.8) is 0 Å². The third-order valence-electron chi connectivity index (χ3n) is 2.13. The van der Waals surface area contributed by atoms with Gasteiger partial charge in [0.25, 0.3) is 0 Å². The molecule has 0 aliphatic heterocycles. The van der Waals surface area contributed by atoms with Crippen LogP contribution in [0.2, 0.25) is 0 Å². The highest BCUT2D eigenvalue weighted by molar-refractivity contribution is 4.96. The quantitative estimate of drug-likeness (QED) is 0.536. The average Bonchev–Trinajstić information content (AvgIpc) is 2.74. The molecule has 0 fully saturated rings. The van der Waals surface area contributed by atoms with Gasteiger partial charge in [0.05, 0.1) is 6.61 Å². The summed E-state index contributed by atoms with van der Waals surface area (Å²) in [6.45, 7) is 5.57. The number of aromatic amines is 1. The van der Waals surface area contributed by atoms with Crippen LogP contribution < -0.4 is 10.6 Å². The molecule has 3 N–H and O–H groups in total. The minimum atomic E-state index is 0.435. The van der Waals surface area contributed by atoms with Gasteiger partial charge < -0.3 is 15.4 Å². The summed E-state index contributed by atoms with van der Waals surface area (Å²) in [6, 6.07) is 2.41. The highest BCUT2D eigenvalue weighted by Gasteiger charge is 2.00. The van der Waals surface area contributed by atoms with Crippen molar-refractivity contribution >= 4 is 0 Å². The first kappa shape index (κ1) is 12.2. The van der Waals surface area contributed by atoms with Gasteiger partial charge in [-0.15, -0.1) is 0 Å². The average molecular weight is 212 g/mol. The fourth-order valence-electron chi connectivity index (χ4n) is 1.23. The Labute approximate surface area is 90.6 Å². The van der Waals surface area contributed by atoms with Crippen molar-refractivity contribution in [3.05, 3.63) is 18.0 Å². The van der Waals surface area contributed by atoms with E-state index in [0.717, 1.165) is 31.9 Å². The number of nitrogens with one attached hydrogen (secondary N) is 3. The number of H-pyrrole nitrogens is 1. The van der Waals surface area contributed by atoms with E-state index in [1.54, 1.807) is 13.3 Å². The molecular formula is C10H20N4O. The molecule has 0 bridgehead atoms. The number of rotatable bonds is 8. The van der Waals surface area contributed by atoms with Gasteiger partial charge >= 0.3 is 0 Å². The molecule has 0 aromatic carbocycles. The largest absolute Gasteiger partial charge is 0.383 e. The van der Waals surface area contributed by atoms with Crippen LogP contribution in [-0.4, -0.2) is 43.0 Å². The van der Waals surface area contributed by atoms with Crippen molar-refractivity contribution in [3.8, 4) is 0 Å². The molecule has 0 spiro atoms. The first-order chi connectivity index (χ1) is 7.33. The number of ether oxygens (including phenoxy) is 1. The molecule has 1 atom stereocenters. The Morgan fingerprint density at radius 2 is 2.47 bits per heavy atom. The predicted molar refractivity (Wildman–Crippen MR) is 59.6 cm³/mol. The second kappa shape index (κ2) is 7.39. The molecule has 0 aliphatic rings. The number of hydrogen-bond donors (Lipinski definition) is 3. The summed E-state index contributed by atoms with van der Waals surface area (Å²) in [5.74, 6) is 0. The Bertz CT molecular complexity index is 238. The van der Waals surface area contributed by atoms with Crippen LogP contribution in [0.1, 0.15) is 12.6 Å². The molecule has 86 valence electrons. The molecule has 0 aliphatic carbocycles. The van der Waals surface area contributed by atoms with E-state index in [1.807, 2.05) is 6.07 Å². The second-order valence-corrected chi connectivity index (χ2v) is 3.56. The molecule has 0 radical (unpaired) electrons. The molecule has 1 aromatic rings. The van der Waals surface area contributed by atoms with Crippen LogP contribution in [0.4, 0.5) is 0 Å². The fourth-order valence-corrected chi connectivity index (χ4v) is 1.23. The van der Waals surface area contributed by atoms with Gasteiger partial charge in [0, 0.05) is 44.7 Å². The Morgan fingerprint density at radius 1 is 1.60 bits per heavy atom. The van der Waals surface area contributed by atoms with E-state index in [0.29, 0.717) is 6.04 Å². The first-order valence-electron chi connectivity index (χ1n) is 5.24. The van der Waals surface area contributed by atoms with Crippen LogP contribution in [0.15, 0.2) is 12.3 Å². The lowest BCUT2D eigenvalue weighted by Gasteiger charge is -2.13. The maximum absolute atomic E-state index is 4.95. The summed E-state index contributed by atoms with van der Waals surface area (Å²) in [7, 11) is 1.71. The van der Waals surface area contributed by atoms with E-state index in [9.17, 15) is 0 Å². The van der Waals surface area contributed by atoms with E-state index >= 15 is 0 Å². The van der Waals surface area contributed by atoms with Crippen LogP contribution in [0, 0.1) is 0 Å². The zero-order chi connectivity index (χ0) is 10.9. The topological polar surface area (TPSA) is 62.0 Å². The number of aromatic nitrogens is 2. The molecule has 5 nitrogen and oxygen atoms in total. The molecule has 5 heteroatoms. The Kier molecular flexibility index (Phi) is 5.99. The lowest BCUT2D eigenvalue weighted by atomic mass is 10.3. The van der Waals surface area contributed by atoms with Crippen molar-refractivity contribution in [2.75, 3.05) is 26.8 Å². The van der Waals surface area contributed by atoms with Crippen molar-refractivity contribution in [1.82, 2.24) is 20.8 Å². The van der Waals surface area contributed by atoms with E-state index in [1.165, 1.54) is 0 Å². The maximum atomic E-state index is 4.95. The Balaban J connectivity index is 2.01. The molecule has 0 amide bonds. The maximum Gasteiger partial charge on any atom is 0.0587 e.